The smallest absolute Gasteiger partial charge is 0.0558 e. The van der Waals surface area contributed by atoms with Gasteiger partial charge in [0.25, 0.3) is 0 Å². The van der Waals surface area contributed by atoms with E-state index < -0.39 is 0 Å². The third-order valence-electron chi connectivity index (χ3n) is 3.86. The van der Waals surface area contributed by atoms with Crippen LogP contribution >= 0.6 is 0 Å². The number of aliphatic hydroxyl groups is 1. The molecule has 2 fully saturated rings. The van der Waals surface area contributed by atoms with E-state index in [-0.39, 0.29) is 28.9 Å². The molecular weight excluding hydrogens is 300 g/mol. The van der Waals surface area contributed by atoms with Crippen molar-refractivity contribution in [2.24, 2.45) is 0 Å². The van der Waals surface area contributed by atoms with Crippen molar-refractivity contribution in [2.45, 2.75) is 55.4 Å². The van der Waals surface area contributed by atoms with Crippen molar-refractivity contribution in [3.05, 3.63) is 0 Å². The van der Waals surface area contributed by atoms with Gasteiger partial charge in [0.15, 0.2) is 0 Å². The van der Waals surface area contributed by atoms with Crippen LogP contribution in [-0.2, 0) is 0 Å². The minimum atomic E-state index is 0. The summed E-state index contributed by atoms with van der Waals surface area (Å²) < 4.78 is 0. The number of piperidine rings is 1. The van der Waals surface area contributed by atoms with Crippen molar-refractivity contribution < 1.29 is 5.11 Å². The molecule has 3 N–H and O–H groups in total. The highest BCUT2D eigenvalue weighted by Crippen LogP contribution is 1.96. The lowest BCUT2D eigenvalue weighted by atomic mass is 10.2. The average Bonchev–Trinajstić information content (AvgIpc) is 2.56. The topological polar surface area (TPSA) is 50.8 Å². The van der Waals surface area contributed by atoms with Crippen molar-refractivity contribution in [2.75, 3.05) is 72.6 Å². The molecule has 0 spiro atoms. The van der Waals surface area contributed by atoms with Gasteiger partial charge >= 0.3 is 0 Å². The summed E-state index contributed by atoms with van der Waals surface area (Å²) in [5.74, 6) is 0. The molecule has 0 amide bonds. The molecule has 0 atom stereocenters. The fourth-order valence-corrected chi connectivity index (χ4v) is 2.26. The van der Waals surface area contributed by atoms with Crippen molar-refractivity contribution in [1.29, 1.82) is 0 Å². The standard InChI is InChI=1S/C6H15NO.C5H12N2.C5H11N.3CH4/c1-3-7(4-2)5-6-8;1-7-4-2-6-3-5-7;1-2-4-6-5-3-1;;;/h8H,3-6H2,1-2H3;6H,2-5H2,1H3;6H,1-5H2;3*1H4. The number of piperazine rings is 1. The third-order valence-corrected chi connectivity index (χ3v) is 3.86. The molecule has 0 saturated carbocycles. The fourth-order valence-electron chi connectivity index (χ4n) is 2.26. The lowest BCUT2D eigenvalue weighted by molar-refractivity contribution is 0.208. The molecule has 2 aliphatic heterocycles. The lowest BCUT2D eigenvalue weighted by Gasteiger charge is -2.21. The predicted octanol–water partition coefficient (Wildman–Crippen LogP) is 2.51. The zero-order valence-corrected chi connectivity index (χ0v) is 14.5. The summed E-state index contributed by atoms with van der Waals surface area (Å²) in [4.78, 5) is 4.51. The molecule has 0 bridgehead atoms. The molecule has 0 aromatic carbocycles. The Kier molecular flexibility index (Phi) is 32.9. The minimum absolute atomic E-state index is 0. The highest BCUT2D eigenvalue weighted by molar-refractivity contribution is 4.62. The normalized spacial score (nSPS) is 16.9. The molecule has 24 heavy (non-hydrogen) atoms. The van der Waals surface area contributed by atoms with Gasteiger partial charge in [0.1, 0.15) is 0 Å². The van der Waals surface area contributed by atoms with Gasteiger partial charge in [-0.05, 0) is 46.1 Å². The molecular formula is C19H50N4O. The Labute approximate surface area is 154 Å². The molecule has 0 aromatic heterocycles. The number of nitrogens with one attached hydrogen (secondary N) is 2. The monoisotopic (exact) mass is 350 g/mol. The summed E-state index contributed by atoms with van der Waals surface area (Å²) in [5.41, 5.74) is 0. The summed E-state index contributed by atoms with van der Waals surface area (Å²) in [7, 11) is 2.15. The zero-order chi connectivity index (χ0) is 15.8. The molecule has 2 aliphatic rings. The van der Waals surface area contributed by atoms with E-state index in [2.05, 4.69) is 41.3 Å². The summed E-state index contributed by atoms with van der Waals surface area (Å²) in [6, 6.07) is 0. The maximum Gasteiger partial charge on any atom is 0.0558 e. The van der Waals surface area contributed by atoms with E-state index in [1.54, 1.807) is 0 Å². The summed E-state index contributed by atoms with van der Waals surface area (Å²) in [5, 5.41) is 15.0. The first-order chi connectivity index (χ1) is 10.2. The predicted molar refractivity (Wildman–Crippen MR) is 112 cm³/mol. The Morgan fingerprint density at radius 1 is 0.833 bits per heavy atom. The molecule has 2 heterocycles. The van der Waals surface area contributed by atoms with Gasteiger partial charge in [-0.1, -0.05) is 42.5 Å². The lowest BCUT2D eigenvalue weighted by Crippen LogP contribution is -2.40. The van der Waals surface area contributed by atoms with E-state index in [4.69, 9.17) is 5.11 Å². The highest BCUT2D eigenvalue weighted by Gasteiger charge is 2.01. The number of likely N-dealkylation sites (N-methyl/N-ethyl adjacent to an activating group) is 2. The van der Waals surface area contributed by atoms with Gasteiger partial charge < -0.3 is 25.5 Å². The molecule has 0 aliphatic carbocycles. The van der Waals surface area contributed by atoms with Crippen molar-refractivity contribution >= 4 is 0 Å². The van der Waals surface area contributed by atoms with Crippen LogP contribution in [0.15, 0.2) is 0 Å². The van der Waals surface area contributed by atoms with E-state index in [1.165, 1.54) is 45.4 Å². The SMILES string of the molecule is C.C.C.C1CCNCC1.CCN(CC)CCO.CN1CCNCC1. The van der Waals surface area contributed by atoms with Gasteiger partial charge in [-0.15, -0.1) is 0 Å². The van der Waals surface area contributed by atoms with Crippen molar-refractivity contribution in [1.82, 2.24) is 20.4 Å². The summed E-state index contributed by atoms with van der Waals surface area (Å²) in [6.07, 6.45) is 4.22. The van der Waals surface area contributed by atoms with Crippen molar-refractivity contribution in [3.63, 3.8) is 0 Å². The van der Waals surface area contributed by atoms with Gasteiger partial charge in [0.05, 0.1) is 6.61 Å². The Hall–Kier alpha value is -0.200. The average molecular weight is 351 g/mol. The molecule has 152 valence electrons. The largest absolute Gasteiger partial charge is 0.395 e. The zero-order valence-electron chi connectivity index (χ0n) is 14.5. The second-order valence-electron chi connectivity index (χ2n) is 5.61. The van der Waals surface area contributed by atoms with Gasteiger partial charge in [-0.3, -0.25) is 0 Å². The molecule has 0 radical (unpaired) electrons. The van der Waals surface area contributed by atoms with Crippen LogP contribution in [0.25, 0.3) is 0 Å². The van der Waals surface area contributed by atoms with E-state index in [9.17, 15) is 0 Å². The van der Waals surface area contributed by atoms with Gasteiger partial charge in [0.2, 0.25) is 0 Å². The fraction of sp³-hybridized carbons (Fsp3) is 1.00. The van der Waals surface area contributed by atoms with Crippen LogP contribution in [0.1, 0.15) is 55.4 Å². The second kappa shape index (κ2) is 25.0. The number of nitrogens with zero attached hydrogens (tertiary/aromatic N) is 2. The highest BCUT2D eigenvalue weighted by atomic mass is 16.3. The number of hydrogen-bond acceptors (Lipinski definition) is 5. The first-order valence-corrected chi connectivity index (χ1v) is 8.67. The number of hydrogen-bond donors (Lipinski definition) is 3. The van der Waals surface area contributed by atoms with Crippen LogP contribution in [0, 0.1) is 0 Å². The quantitative estimate of drug-likeness (QED) is 0.727. The van der Waals surface area contributed by atoms with Crippen LogP contribution in [0.4, 0.5) is 0 Å². The van der Waals surface area contributed by atoms with Crippen LogP contribution in [0.5, 0.6) is 0 Å². The first-order valence-electron chi connectivity index (χ1n) is 8.67. The third kappa shape index (κ3) is 21.8. The number of rotatable bonds is 4. The van der Waals surface area contributed by atoms with Gasteiger partial charge in [-0.2, -0.15) is 0 Å². The van der Waals surface area contributed by atoms with Gasteiger partial charge in [-0.25, -0.2) is 0 Å². The van der Waals surface area contributed by atoms with E-state index >= 15 is 0 Å². The Morgan fingerprint density at radius 2 is 1.29 bits per heavy atom. The van der Waals surface area contributed by atoms with Crippen LogP contribution in [0.3, 0.4) is 0 Å². The molecule has 5 heteroatoms. The summed E-state index contributed by atoms with van der Waals surface area (Å²) in [6.45, 7) is 14.6. The molecule has 2 rings (SSSR count). The first kappa shape index (κ1) is 31.6. The minimum Gasteiger partial charge on any atom is -0.395 e. The molecule has 2 saturated heterocycles. The maximum atomic E-state index is 8.46. The second-order valence-corrected chi connectivity index (χ2v) is 5.61. The molecule has 0 unspecified atom stereocenters. The van der Waals surface area contributed by atoms with E-state index in [1.807, 2.05) is 0 Å². The van der Waals surface area contributed by atoms with Crippen LogP contribution in [-0.4, -0.2) is 87.5 Å². The Bertz CT molecular complexity index is 180. The maximum absolute atomic E-state index is 8.46. The summed E-state index contributed by atoms with van der Waals surface area (Å²) >= 11 is 0. The van der Waals surface area contributed by atoms with E-state index in [0.717, 1.165) is 32.7 Å². The molecule has 5 nitrogen and oxygen atoms in total. The van der Waals surface area contributed by atoms with Crippen molar-refractivity contribution in [3.8, 4) is 0 Å². The number of aliphatic hydroxyl groups excluding tert-OH is 1. The Morgan fingerprint density at radius 3 is 1.46 bits per heavy atom. The van der Waals surface area contributed by atoms with Crippen LogP contribution < -0.4 is 10.6 Å². The Balaban J connectivity index is -0.000000118. The van der Waals surface area contributed by atoms with Crippen LogP contribution in [0.2, 0.25) is 0 Å². The van der Waals surface area contributed by atoms with Gasteiger partial charge in [0, 0.05) is 32.7 Å². The molecule has 0 aromatic rings. The van der Waals surface area contributed by atoms with E-state index in [0.29, 0.717) is 0 Å².